The zero-order valence-electron chi connectivity index (χ0n) is 17.8. The maximum absolute atomic E-state index is 12.4. The Balaban J connectivity index is 1.90. The molecule has 164 valence electrons. The Kier molecular flexibility index (Phi) is 8.29. The molecule has 31 heavy (non-hydrogen) atoms. The maximum Gasteiger partial charge on any atom is 0.269 e. The van der Waals surface area contributed by atoms with Crippen LogP contribution in [0.5, 0.6) is 0 Å². The molecule has 0 spiro atoms. The number of nitrogens with one attached hydrogen (secondary N) is 4. The van der Waals surface area contributed by atoms with E-state index < -0.39 is 11.8 Å². The predicted octanol–water partition coefficient (Wildman–Crippen LogP) is 4.04. The van der Waals surface area contributed by atoms with Crippen LogP contribution in [0.4, 0.5) is 5.69 Å². The number of benzene rings is 2. The largest absolute Gasteiger partial charge is 0.326 e. The Labute approximate surface area is 195 Å². The number of anilines is 1. The first-order chi connectivity index (χ1) is 14.5. The van der Waals surface area contributed by atoms with Gasteiger partial charge in [0.2, 0.25) is 5.91 Å². The van der Waals surface area contributed by atoms with Crippen molar-refractivity contribution in [2.75, 3.05) is 5.32 Å². The second-order valence-electron chi connectivity index (χ2n) is 7.79. The van der Waals surface area contributed by atoms with Gasteiger partial charge in [-0.3, -0.25) is 30.6 Å². The Morgan fingerprint density at radius 3 is 2.10 bits per heavy atom. The van der Waals surface area contributed by atoms with Crippen LogP contribution in [0.3, 0.4) is 0 Å². The predicted molar refractivity (Wildman–Crippen MR) is 129 cm³/mol. The van der Waals surface area contributed by atoms with E-state index >= 15 is 0 Å². The quantitative estimate of drug-likeness (QED) is 0.371. The molecule has 0 atom stereocenters. The van der Waals surface area contributed by atoms with Crippen LogP contribution >= 0.6 is 28.1 Å². The molecule has 0 radical (unpaired) electrons. The molecule has 2 rings (SSSR count). The van der Waals surface area contributed by atoms with Gasteiger partial charge in [-0.25, -0.2) is 0 Å². The Morgan fingerprint density at radius 1 is 0.935 bits per heavy atom. The minimum atomic E-state index is -0.442. The van der Waals surface area contributed by atoms with Gasteiger partial charge in [0.1, 0.15) is 0 Å². The second-order valence-corrected chi connectivity index (χ2v) is 9.05. The zero-order chi connectivity index (χ0) is 23.2. The fourth-order valence-corrected chi connectivity index (χ4v) is 3.73. The summed E-state index contributed by atoms with van der Waals surface area (Å²) in [6.07, 6.45) is 0.368. The average Bonchev–Trinajstić information content (AvgIpc) is 2.71. The SMILES string of the molecule is CCC(=O)Nc1ccc(C(=O)NNC(=S)NC(=O)c2ccc(C(C)(C)C)c(Br)c2)cc1. The Bertz CT molecular complexity index is 1000. The molecular formula is C22H25BrN4O3S. The fourth-order valence-electron chi connectivity index (χ4n) is 2.61. The third kappa shape index (κ3) is 7.15. The number of hydrazine groups is 1. The minimum Gasteiger partial charge on any atom is -0.326 e. The number of rotatable bonds is 4. The maximum atomic E-state index is 12.4. The molecule has 0 aliphatic carbocycles. The summed E-state index contributed by atoms with van der Waals surface area (Å²) in [7, 11) is 0. The minimum absolute atomic E-state index is 0.0406. The normalized spacial score (nSPS) is 10.7. The van der Waals surface area contributed by atoms with E-state index in [1.165, 1.54) is 0 Å². The molecule has 4 N–H and O–H groups in total. The number of hydrogen-bond donors (Lipinski definition) is 4. The molecule has 0 heterocycles. The van der Waals surface area contributed by atoms with Crippen LogP contribution in [-0.4, -0.2) is 22.8 Å². The van der Waals surface area contributed by atoms with Crippen molar-refractivity contribution >= 4 is 56.7 Å². The van der Waals surface area contributed by atoms with Crippen molar-refractivity contribution in [1.29, 1.82) is 0 Å². The summed E-state index contributed by atoms with van der Waals surface area (Å²) in [5.74, 6) is -0.953. The molecule has 0 aliphatic heterocycles. The topological polar surface area (TPSA) is 99.3 Å². The van der Waals surface area contributed by atoms with Crippen LogP contribution in [0, 0.1) is 0 Å². The number of halogens is 1. The molecule has 0 saturated heterocycles. The molecule has 0 aromatic heterocycles. The number of carbonyl (C=O) groups excluding carboxylic acids is 3. The van der Waals surface area contributed by atoms with Gasteiger partial charge in [0.05, 0.1) is 0 Å². The Hall–Kier alpha value is -2.78. The van der Waals surface area contributed by atoms with Crippen molar-refractivity contribution < 1.29 is 14.4 Å². The lowest BCUT2D eigenvalue weighted by molar-refractivity contribution is -0.115. The van der Waals surface area contributed by atoms with Crippen LogP contribution in [-0.2, 0) is 10.2 Å². The van der Waals surface area contributed by atoms with Crippen molar-refractivity contribution in [3.05, 3.63) is 63.6 Å². The molecular weight excluding hydrogens is 480 g/mol. The molecule has 0 unspecified atom stereocenters. The summed E-state index contributed by atoms with van der Waals surface area (Å²) in [6.45, 7) is 8.01. The van der Waals surface area contributed by atoms with Gasteiger partial charge < -0.3 is 5.32 Å². The molecule has 0 aliphatic rings. The highest BCUT2D eigenvalue weighted by molar-refractivity contribution is 9.10. The molecule has 2 aromatic rings. The number of carbonyl (C=O) groups is 3. The first-order valence-corrected chi connectivity index (χ1v) is 10.8. The highest BCUT2D eigenvalue weighted by atomic mass is 79.9. The lowest BCUT2D eigenvalue weighted by Crippen LogP contribution is -2.48. The third-order valence-corrected chi connectivity index (χ3v) is 5.17. The Morgan fingerprint density at radius 2 is 1.55 bits per heavy atom. The van der Waals surface area contributed by atoms with E-state index in [0.717, 1.165) is 10.0 Å². The van der Waals surface area contributed by atoms with E-state index in [1.54, 1.807) is 43.3 Å². The van der Waals surface area contributed by atoms with Crippen molar-refractivity contribution in [1.82, 2.24) is 16.2 Å². The lowest BCUT2D eigenvalue weighted by Gasteiger charge is -2.21. The van der Waals surface area contributed by atoms with Gasteiger partial charge in [-0.1, -0.05) is 49.7 Å². The fraction of sp³-hybridized carbons (Fsp3) is 0.273. The van der Waals surface area contributed by atoms with E-state index in [1.807, 2.05) is 6.07 Å². The summed E-state index contributed by atoms with van der Waals surface area (Å²) in [6, 6.07) is 11.7. The highest BCUT2D eigenvalue weighted by Gasteiger charge is 2.18. The van der Waals surface area contributed by atoms with Crippen molar-refractivity contribution in [3.8, 4) is 0 Å². The molecule has 9 heteroatoms. The summed E-state index contributed by atoms with van der Waals surface area (Å²) in [4.78, 5) is 36.1. The van der Waals surface area contributed by atoms with Crippen LogP contribution < -0.4 is 21.5 Å². The smallest absolute Gasteiger partial charge is 0.269 e. The summed E-state index contributed by atoms with van der Waals surface area (Å²) < 4.78 is 0.832. The molecule has 0 bridgehead atoms. The highest BCUT2D eigenvalue weighted by Crippen LogP contribution is 2.30. The van der Waals surface area contributed by atoms with E-state index in [9.17, 15) is 14.4 Å². The third-order valence-electron chi connectivity index (χ3n) is 4.31. The van der Waals surface area contributed by atoms with Gasteiger partial charge >= 0.3 is 0 Å². The summed E-state index contributed by atoms with van der Waals surface area (Å²) in [5, 5.41) is 5.19. The first-order valence-electron chi connectivity index (χ1n) is 9.63. The van der Waals surface area contributed by atoms with Crippen LogP contribution in [0.25, 0.3) is 0 Å². The van der Waals surface area contributed by atoms with Gasteiger partial charge in [0.15, 0.2) is 5.11 Å². The number of hydrogen-bond acceptors (Lipinski definition) is 4. The molecule has 7 nitrogen and oxygen atoms in total. The summed E-state index contributed by atoms with van der Waals surface area (Å²) in [5.41, 5.74) is 7.34. The van der Waals surface area contributed by atoms with E-state index in [-0.39, 0.29) is 16.4 Å². The van der Waals surface area contributed by atoms with Crippen LogP contribution in [0.15, 0.2) is 46.9 Å². The number of thiocarbonyl (C=S) groups is 1. The van der Waals surface area contributed by atoms with Crippen LogP contribution in [0.2, 0.25) is 0 Å². The summed E-state index contributed by atoms with van der Waals surface area (Å²) >= 11 is 8.59. The van der Waals surface area contributed by atoms with Crippen LogP contribution in [0.1, 0.15) is 60.4 Å². The molecule has 3 amide bonds. The molecule has 2 aromatic carbocycles. The number of amides is 3. The standard InChI is InChI=1S/C22H25BrN4O3S/c1-5-18(28)24-15-9-6-13(7-10-15)20(30)26-27-21(31)25-19(29)14-8-11-16(17(23)12-14)22(2,3)4/h6-12H,5H2,1-4H3,(H,24,28)(H,26,30)(H2,25,27,29,31). The van der Waals surface area contributed by atoms with Gasteiger partial charge in [0, 0.05) is 27.7 Å². The van der Waals surface area contributed by atoms with E-state index in [4.69, 9.17) is 12.2 Å². The van der Waals surface area contributed by atoms with Gasteiger partial charge in [-0.05, 0) is 59.6 Å². The lowest BCUT2D eigenvalue weighted by atomic mass is 9.86. The second kappa shape index (κ2) is 10.5. The zero-order valence-corrected chi connectivity index (χ0v) is 20.2. The first kappa shape index (κ1) is 24.5. The average molecular weight is 505 g/mol. The van der Waals surface area contributed by atoms with Gasteiger partial charge in [-0.2, -0.15) is 0 Å². The van der Waals surface area contributed by atoms with Gasteiger partial charge in [-0.15, -0.1) is 0 Å². The van der Waals surface area contributed by atoms with E-state index in [2.05, 4.69) is 58.2 Å². The van der Waals surface area contributed by atoms with Crippen molar-refractivity contribution in [2.45, 2.75) is 39.5 Å². The molecule has 0 saturated carbocycles. The van der Waals surface area contributed by atoms with Crippen molar-refractivity contribution in [2.24, 2.45) is 0 Å². The monoisotopic (exact) mass is 504 g/mol. The van der Waals surface area contributed by atoms with E-state index in [0.29, 0.717) is 23.2 Å². The van der Waals surface area contributed by atoms with Gasteiger partial charge in [0.25, 0.3) is 11.8 Å². The van der Waals surface area contributed by atoms with Crippen molar-refractivity contribution in [3.63, 3.8) is 0 Å². The molecule has 0 fully saturated rings.